The highest BCUT2D eigenvalue weighted by Gasteiger charge is 2.36. The molecule has 1 aromatic heterocycles. The number of rotatable bonds is 4. The summed E-state index contributed by atoms with van der Waals surface area (Å²) in [5, 5.41) is 5.96. The maximum Gasteiger partial charge on any atom is 0.315 e. The molecule has 20 heavy (non-hydrogen) atoms. The van der Waals surface area contributed by atoms with E-state index in [-0.39, 0.29) is 18.1 Å². The van der Waals surface area contributed by atoms with E-state index >= 15 is 0 Å². The molecule has 2 aliphatic rings. The van der Waals surface area contributed by atoms with Gasteiger partial charge in [0.25, 0.3) is 0 Å². The van der Waals surface area contributed by atoms with E-state index in [1.807, 2.05) is 19.1 Å². The predicted octanol–water partition coefficient (Wildman–Crippen LogP) is 2.60. The fraction of sp³-hybridized carbons (Fsp3) is 0.667. The molecule has 3 rings (SSSR count). The zero-order valence-electron chi connectivity index (χ0n) is 11.8. The fourth-order valence-corrected chi connectivity index (χ4v) is 2.79. The van der Waals surface area contributed by atoms with Gasteiger partial charge in [-0.25, -0.2) is 4.79 Å². The number of hydrogen-bond donors (Lipinski definition) is 2. The van der Waals surface area contributed by atoms with Crippen LogP contribution in [0.2, 0.25) is 0 Å². The summed E-state index contributed by atoms with van der Waals surface area (Å²) in [6.45, 7) is 2.66. The Bertz CT molecular complexity index is 442. The number of carbonyl (C=O) groups excluding carboxylic acids is 1. The molecule has 110 valence electrons. The normalized spacial score (nSPS) is 27.9. The molecule has 2 heterocycles. The minimum atomic E-state index is -0.129. The average molecular weight is 278 g/mol. The molecule has 1 saturated heterocycles. The van der Waals surface area contributed by atoms with Gasteiger partial charge in [0.2, 0.25) is 0 Å². The molecule has 2 N–H and O–H groups in total. The van der Waals surface area contributed by atoms with Crippen molar-refractivity contribution in [3.63, 3.8) is 0 Å². The lowest BCUT2D eigenvalue weighted by molar-refractivity contribution is -0.00918. The summed E-state index contributed by atoms with van der Waals surface area (Å²) in [6.07, 6.45) is 6.35. The summed E-state index contributed by atoms with van der Waals surface area (Å²) in [6, 6.07) is 3.66. The largest absolute Gasteiger partial charge is 0.467 e. The van der Waals surface area contributed by atoms with Crippen LogP contribution in [-0.4, -0.2) is 24.8 Å². The van der Waals surface area contributed by atoms with E-state index in [0.717, 1.165) is 31.1 Å². The van der Waals surface area contributed by atoms with Crippen molar-refractivity contribution >= 4 is 6.03 Å². The van der Waals surface area contributed by atoms with E-state index in [2.05, 4.69) is 10.6 Å². The van der Waals surface area contributed by atoms with Gasteiger partial charge in [-0.1, -0.05) is 0 Å². The number of nitrogens with one attached hydrogen (secondary N) is 2. The van der Waals surface area contributed by atoms with Gasteiger partial charge in [-0.3, -0.25) is 0 Å². The lowest BCUT2D eigenvalue weighted by Gasteiger charge is -2.30. The minimum absolute atomic E-state index is 0.121. The van der Waals surface area contributed by atoms with Crippen LogP contribution in [0.4, 0.5) is 4.79 Å². The van der Waals surface area contributed by atoms with Crippen LogP contribution in [0, 0.1) is 5.92 Å². The number of ether oxygens (including phenoxy) is 1. The van der Waals surface area contributed by atoms with Crippen LogP contribution in [0.15, 0.2) is 22.8 Å². The number of hydrogen-bond acceptors (Lipinski definition) is 3. The lowest BCUT2D eigenvalue weighted by Crippen LogP contribution is -2.47. The second-order valence-corrected chi connectivity index (χ2v) is 5.82. The van der Waals surface area contributed by atoms with Crippen LogP contribution < -0.4 is 10.6 Å². The van der Waals surface area contributed by atoms with Gasteiger partial charge in [0.05, 0.1) is 18.4 Å². The molecule has 1 aliphatic carbocycles. The van der Waals surface area contributed by atoms with E-state index in [1.54, 1.807) is 6.26 Å². The highest BCUT2D eigenvalue weighted by Crippen LogP contribution is 2.38. The molecule has 2 amide bonds. The van der Waals surface area contributed by atoms with Gasteiger partial charge in [-0.05, 0) is 50.7 Å². The van der Waals surface area contributed by atoms with Gasteiger partial charge in [0.15, 0.2) is 0 Å². The van der Waals surface area contributed by atoms with E-state index in [1.165, 1.54) is 12.8 Å². The second-order valence-electron chi connectivity index (χ2n) is 5.82. The van der Waals surface area contributed by atoms with E-state index in [0.29, 0.717) is 6.10 Å². The Labute approximate surface area is 119 Å². The summed E-state index contributed by atoms with van der Waals surface area (Å²) in [7, 11) is 0. The molecule has 0 bridgehead atoms. The van der Waals surface area contributed by atoms with Crippen molar-refractivity contribution in [2.24, 2.45) is 5.92 Å². The maximum atomic E-state index is 12.0. The van der Waals surface area contributed by atoms with Gasteiger partial charge in [-0.15, -0.1) is 0 Å². The number of carbonyl (C=O) groups is 1. The quantitative estimate of drug-likeness (QED) is 0.889. The van der Waals surface area contributed by atoms with Crippen molar-refractivity contribution in [1.29, 1.82) is 0 Å². The molecule has 0 spiro atoms. The Kier molecular flexibility index (Phi) is 3.96. The Morgan fingerprint density at radius 3 is 2.95 bits per heavy atom. The fourth-order valence-electron chi connectivity index (χ4n) is 2.79. The highest BCUT2D eigenvalue weighted by atomic mass is 16.5. The van der Waals surface area contributed by atoms with Gasteiger partial charge >= 0.3 is 6.03 Å². The van der Waals surface area contributed by atoms with E-state index < -0.39 is 0 Å². The summed E-state index contributed by atoms with van der Waals surface area (Å²) in [5.41, 5.74) is 0. The van der Waals surface area contributed by atoms with Crippen molar-refractivity contribution < 1.29 is 13.9 Å². The smallest absolute Gasteiger partial charge is 0.315 e. The lowest BCUT2D eigenvalue weighted by atomic mass is 10.0. The SMILES string of the molecule is C[C@H](NC(=O)N[C@@H]1CCO[C@@H](C2CC2)C1)c1ccco1. The van der Waals surface area contributed by atoms with Crippen LogP contribution in [0.25, 0.3) is 0 Å². The standard InChI is InChI=1S/C15H22N2O3/c1-10(13-3-2-7-19-13)16-15(18)17-12-6-8-20-14(9-12)11-4-5-11/h2-3,7,10-12,14H,4-6,8-9H2,1H3,(H2,16,17,18)/t10-,12+,14+/m0/s1. The zero-order valence-corrected chi connectivity index (χ0v) is 11.8. The molecule has 1 aliphatic heterocycles. The highest BCUT2D eigenvalue weighted by molar-refractivity contribution is 5.74. The molecule has 2 fully saturated rings. The first kappa shape index (κ1) is 13.5. The van der Waals surface area contributed by atoms with Gasteiger partial charge in [-0.2, -0.15) is 0 Å². The molecular formula is C15H22N2O3. The van der Waals surface area contributed by atoms with Gasteiger partial charge in [0.1, 0.15) is 5.76 Å². The van der Waals surface area contributed by atoms with E-state index in [4.69, 9.17) is 9.15 Å². The summed E-state index contributed by atoms with van der Waals surface area (Å²) in [5.74, 6) is 1.49. The number of amides is 2. The molecule has 0 radical (unpaired) electrons. The Morgan fingerprint density at radius 2 is 2.25 bits per heavy atom. The van der Waals surface area contributed by atoms with Crippen molar-refractivity contribution in [2.75, 3.05) is 6.61 Å². The van der Waals surface area contributed by atoms with Crippen molar-refractivity contribution in [2.45, 2.75) is 50.8 Å². The molecule has 5 heteroatoms. The predicted molar refractivity (Wildman–Crippen MR) is 74.3 cm³/mol. The van der Waals surface area contributed by atoms with Crippen molar-refractivity contribution in [3.05, 3.63) is 24.2 Å². The zero-order chi connectivity index (χ0) is 13.9. The molecular weight excluding hydrogens is 256 g/mol. The first-order valence-corrected chi connectivity index (χ1v) is 7.44. The summed E-state index contributed by atoms with van der Waals surface area (Å²) in [4.78, 5) is 12.0. The molecule has 0 aromatic carbocycles. The second kappa shape index (κ2) is 5.87. The molecule has 3 atom stereocenters. The first-order valence-electron chi connectivity index (χ1n) is 7.44. The van der Waals surface area contributed by atoms with Crippen LogP contribution in [0.3, 0.4) is 0 Å². The van der Waals surface area contributed by atoms with Crippen LogP contribution in [0.1, 0.15) is 44.4 Å². The molecule has 1 saturated carbocycles. The third-order valence-electron chi connectivity index (χ3n) is 4.12. The van der Waals surface area contributed by atoms with Gasteiger partial charge in [0, 0.05) is 12.6 Å². The molecule has 5 nitrogen and oxygen atoms in total. The molecule has 0 unspecified atom stereocenters. The van der Waals surface area contributed by atoms with Crippen molar-refractivity contribution in [1.82, 2.24) is 10.6 Å². The first-order chi connectivity index (χ1) is 9.72. The van der Waals surface area contributed by atoms with Crippen LogP contribution in [0.5, 0.6) is 0 Å². The van der Waals surface area contributed by atoms with Gasteiger partial charge < -0.3 is 19.8 Å². The van der Waals surface area contributed by atoms with Crippen LogP contribution in [-0.2, 0) is 4.74 Å². The minimum Gasteiger partial charge on any atom is -0.467 e. The monoisotopic (exact) mass is 278 g/mol. The summed E-state index contributed by atoms with van der Waals surface area (Å²) >= 11 is 0. The third-order valence-corrected chi connectivity index (χ3v) is 4.12. The average Bonchev–Trinajstić information content (AvgIpc) is 3.13. The Hall–Kier alpha value is -1.49. The maximum absolute atomic E-state index is 12.0. The van der Waals surface area contributed by atoms with Crippen LogP contribution >= 0.6 is 0 Å². The number of furan rings is 1. The topological polar surface area (TPSA) is 63.5 Å². The number of urea groups is 1. The Morgan fingerprint density at radius 1 is 1.40 bits per heavy atom. The molecule has 1 aromatic rings. The third kappa shape index (κ3) is 3.33. The van der Waals surface area contributed by atoms with Crippen molar-refractivity contribution in [3.8, 4) is 0 Å². The Balaban J connectivity index is 1.46. The summed E-state index contributed by atoms with van der Waals surface area (Å²) < 4.78 is 11.0. The van der Waals surface area contributed by atoms with E-state index in [9.17, 15) is 4.79 Å².